The molecule has 0 saturated carbocycles. The summed E-state index contributed by atoms with van der Waals surface area (Å²) < 4.78 is 11.2. The van der Waals surface area contributed by atoms with Gasteiger partial charge in [0, 0.05) is 12.6 Å². The Balaban J connectivity index is 1.81. The number of piperidine rings is 1. The van der Waals surface area contributed by atoms with Crippen LogP contribution in [-0.2, 0) is 16.1 Å². The molecule has 0 aliphatic carbocycles. The average Bonchev–Trinajstić information content (AvgIpc) is 2.45. The van der Waals surface area contributed by atoms with E-state index in [2.05, 4.69) is 6.92 Å². The predicted molar refractivity (Wildman–Crippen MR) is 82.0 cm³/mol. The van der Waals surface area contributed by atoms with Crippen LogP contribution in [0.1, 0.15) is 39.2 Å². The van der Waals surface area contributed by atoms with Crippen molar-refractivity contribution in [2.75, 3.05) is 6.54 Å². The second-order valence-electron chi connectivity index (χ2n) is 5.91. The summed E-state index contributed by atoms with van der Waals surface area (Å²) in [6.45, 7) is 7.18. The van der Waals surface area contributed by atoms with E-state index in [0.29, 0.717) is 13.2 Å². The first-order valence-corrected chi connectivity index (χ1v) is 7.69. The molecule has 1 saturated heterocycles. The fourth-order valence-electron chi connectivity index (χ4n) is 2.71. The second kappa shape index (κ2) is 7.46. The van der Waals surface area contributed by atoms with Crippen LogP contribution in [0.5, 0.6) is 0 Å². The van der Waals surface area contributed by atoms with Gasteiger partial charge in [-0.15, -0.1) is 0 Å². The van der Waals surface area contributed by atoms with Crippen molar-refractivity contribution in [2.45, 2.75) is 58.5 Å². The molecule has 0 radical (unpaired) electrons. The lowest BCUT2D eigenvalue weighted by Crippen LogP contribution is -2.47. The van der Waals surface area contributed by atoms with Gasteiger partial charge in [0.1, 0.15) is 6.61 Å². The number of hydrogen-bond acceptors (Lipinski definition) is 3. The van der Waals surface area contributed by atoms with Crippen LogP contribution < -0.4 is 0 Å². The number of ether oxygens (including phenoxy) is 2. The first kappa shape index (κ1) is 15.8. The van der Waals surface area contributed by atoms with Gasteiger partial charge in [-0.3, -0.25) is 0 Å². The zero-order valence-electron chi connectivity index (χ0n) is 13.1. The van der Waals surface area contributed by atoms with Gasteiger partial charge in [-0.25, -0.2) is 4.79 Å². The monoisotopic (exact) mass is 291 g/mol. The van der Waals surface area contributed by atoms with Gasteiger partial charge < -0.3 is 14.4 Å². The van der Waals surface area contributed by atoms with Crippen molar-refractivity contribution in [2.24, 2.45) is 0 Å². The van der Waals surface area contributed by atoms with Crippen molar-refractivity contribution in [3.63, 3.8) is 0 Å². The predicted octanol–water partition coefficient (Wildman–Crippen LogP) is 3.60. The lowest BCUT2D eigenvalue weighted by Gasteiger charge is -2.37. The highest BCUT2D eigenvalue weighted by molar-refractivity contribution is 5.68. The summed E-state index contributed by atoms with van der Waals surface area (Å²) in [5, 5.41) is 0. The first-order valence-electron chi connectivity index (χ1n) is 7.69. The summed E-state index contributed by atoms with van der Waals surface area (Å²) in [6, 6.07) is 9.91. The number of benzene rings is 1. The molecule has 1 aliphatic rings. The van der Waals surface area contributed by atoms with Gasteiger partial charge in [0.2, 0.25) is 0 Å². The number of rotatable bonds is 4. The van der Waals surface area contributed by atoms with Crippen LogP contribution in [0.2, 0.25) is 0 Å². The Morgan fingerprint density at radius 2 is 2.05 bits per heavy atom. The molecule has 0 spiro atoms. The van der Waals surface area contributed by atoms with Crippen LogP contribution in [0.15, 0.2) is 30.3 Å². The largest absolute Gasteiger partial charge is 0.445 e. The van der Waals surface area contributed by atoms with Crippen LogP contribution in [-0.4, -0.2) is 35.8 Å². The van der Waals surface area contributed by atoms with Crippen molar-refractivity contribution < 1.29 is 14.3 Å². The highest BCUT2D eigenvalue weighted by Crippen LogP contribution is 2.22. The molecular weight excluding hydrogens is 266 g/mol. The summed E-state index contributed by atoms with van der Waals surface area (Å²) in [4.78, 5) is 14.0. The maximum absolute atomic E-state index is 12.2. The minimum atomic E-state index is -0.227. The molecule has 0 aromatic heterocycles. The van der Waals surface area contributed by atoms with Crippen molar-refractivity contribution in [1.29, 1.82) is 0 Å². The summed E-state index contributed by atoms with van der Waals surface area (Å²) in [5.41, 5.74) is 1.01. The Labute approximate surface area is 127 Å². The standard InChI is InChI=1S/C17H25NO3/c1-13(2)21-16-9-10-18(14(3)11-16)17(19)20-12-15-7-5-4-6-8-15/h4-8,13-14,16H,9-12H2,1-3H3/t14-,16-/m0/s1. The summed E-state index contributed by atoms with van der Waals surface area (Å²) in [6.07, 6.45) is 2.01. The number of carbonyl (C=O) groups is 1. The first-order chi connectivity index (χ1) is 10.1. The number of likely N-dealkylation sites (tertiary alicyclic amines) is 1. The molecule has 2 atom stereocenters. The third-order valence-electron chi connectivity index (χ3n) is 3.73. The molecule has 1 fully saturated rings. The van der Waals surface area contributed by atoms with Crippen molar-refractivity contribution in [3.05, 3.63) is 35.9 Å². The number of amides is 1. The Hall–Kier alpha value is -1.55. The number of carbonyl (C=O) groups excluding carboxylic acids is 1. The van der Waals surface area contributed by atoms with Crippen LogP contribution in [0.25, 0.3) is 0 Å². The van der Waals surface area contributed by atoms with E-state index in [-0.39, 0.29) is 24.3 Å². The molecule has 2 rings (SSSR count). The van der Waals surface area contributed by atoms with E-state index in [1.54, 1.807) is 0 Å². The summed E-state index contributed by atoms with van der Waals surface area (Å²) in [7, 11) is 0. The zero-order valence-corrected chi connectivity index (χ0v) is 13.1. The van der Waals surface area contributed by atoms with E-state index in [1.807, 2.05) is 49.1 Å². The molecule has 0 unspecified atom stereocenters. The molecule has 116 valence electrons. The van der Waals surface area contributed by atoms with Crippen LogP contribution in [0.3, 0.4) is 0 Å². The van der Waals surface area contributed by atoms with E-state index in [1.165, 1.54) is 0 Å². The van der Waals surface area contributed by atoms with Crippen LogP contribution >= 0.6 is 0 Å². The smallest absolute Gasteiger partial charge is 0.410 e. The van der Waals surface area contributed by atoms with Gasteiger partial charge >= 0.3 is 6.09 Å². The van der Waals surface area contributed by atoms with E-state index >= 15 is 0 Å². The van der Waals surface area contributed by atoms with Crippen molar-refractivity contribution >= 4 is 6.09 Å². The van der Waals surface area contributed by atoms with Gasteiger partial charge in [-0.1, -0.05) is 30.3 Å². The SMILES string of the molecule is CC(C)O[C@H]1CCN(C(=O)OCc2ccccc2)[C@@H](C)C1. The maximum Gasteiger partial charge on any atom is 0.410 e. The molecule has 4 heteroatoms. The Morgan fingerprint density at radius 3 is 2.67 bits per heavy atom. The van der Waals surface area contributed by atoms with Crippen molar-refractivity contribution in [3.8, 4) is 0 Å². The van der Waals surface area contributed by atoms with Crippen molar-refractivity contribution in [1.82, 2.24) is 4.90 Å². The normalized spacial score (nSPS) is 22.4. The molecule has 1 amide bonds. The third-order valence-corrected chi connectivity index (χ3v) is 3.73. The van der Waals surface area contributed by atoms with Crippen LogP contribution in [0, 0.1) is 0 Å². The molecule has 1 aromatic carbocycles. The van der Waals surface area contributed by atoms with Gasteiger partial charge in [0.25, 0.3) is 0 Å². The third kappa shape index (κ3) is 4.74. The van der Waals surface area contributed by atoms with Gasteiger partial charge in [0.15, 0.2) is 0 Å². The molecule has 0 N–H and O–H groups in total. The number of nitrogens with zero attached hydrogens (tertiary/aromatic N) is 1. The quantitative estimate of drug-likeness (QED) is 0.850. The number of hydrogen-bond donors (Lipinski definition) is 0. The Kier molecular flexibility index (Phi) is 5.62. The Bertz CT molecular complexity index is 447. The fourth-order valence-corrected chi connectivity index (χ4v) is 2.71. The van der Waals surface area contributed by atoms with E-state index in [9.17, 15) is 4.79 Å². The Morgan fingerprint density at radius 1 is 1.33 bits per heavy atom. The molecule has 0 bridgehead atoms. The summed E-state index contributed by atoms with van der Waals surface area (Å²) >= 11 is 0. The maximum atomic E-state index is 12.2. The molecule has 1 heterocycles. The van der Waals surface area contributed by atoms with E-state index in [4.69, 9.17) is 9.47 Å². The lowest BCUT2D eigenvalue weighted by atomic mass is 10.0. The van der Waals surface area contributed by atoms with Gasteiger partial charge in [-0.05, 0) is 39.2 Å². The molecular formula is C17H25NO3. The van der Waals surface area contributed by atoms with E-state index in [0.717, 1.165) is 18.4 Å². The zero-order chi connectivity index (χ0) is 15.2. The highest BCUT2D eigenvalue weighted by Gasteiger charge is 2.30. The lowest BCUT2D eigenvalue weighted by molar-refractivity contribution is -0.0400. The van der Waals surface area contributed by atoms with E-state index < -0.39 is 0 Å². The van der Waals surface area contributed by atoms with Crippen LogP contribution in [0.4, 0.5) is 4.79 Å². The summed E-state index contributed by atoms with van der Waals surface area (Å²) in [5.74, 6) is 0. The fraction of sp³-hybridized carbons (Fsp3) is 0.588. The highest BCUT2D eigenvalue weighted by atomic mass is 16.6. The van der Waals surface area contributed by atoms with Gasteiger partial charge in [0.05, 0.1) is 12.2 Å². The minimum absolute atomic E-state index is 0.158. The molecule has 1 aliphatic heterocycles. The topological polar surface area (TPSA) is 38.8 Å². The molecule has 21 heavy (non-hydrogen) atoms. The molecule has 4 nitrogen and oxygen atoms in total. The minimum Gasteiger partial charge on any atom is -0.445 e. The molecule has 1 aromatic rings. The average molecular weight is 291 g/mol. The second-order valence-corrected chi connectivity index (χ2v) is 5.91. The van der Waals surface area contributed by atoms with Gasteiger partial charge in [-0.2, -0.15) is 0 Å².